The van der Waals surface area contributed by atoms with Gasteiger partial charge in [-0.2, -0.15) is 0 Å². The van der Waals surface area contributed by atoms with Crippen LogP contribution in [0.15, 0.2) is 48.8 Å². The molecule has 2 aliphatic rings. The minimum Gasteiger partial charge on any atom is -0.356 e. The third-order valence-corrected chi connectivity index (χ3v) is 5.96. The smallest absolute Gasteiger partial charge is 0.225 e. The minimum atomic E-state index is -0.245. The van der Waals surface area contributed by atoms with Gasteiger partial charge in [-0.3, -0.25) is 14.5 Å². The van der Waals surface area contributed by atoms with Gasteiger partial charge in [-0.15, -0.1) is 0 Å². The topological polar surface area (TPSA) is 81.7 Å². The molecule has 164 valence electrons. The van der Waals surface area contributed by atoms with Crippen LogP contribution in [0.1, 0.15) is 18.4 Å². The van der Waals surface area contributed by atoms with Gasteiger partial charge in [0.05, 0.1) is 5.92 Å². The number of rotatable bonds is 8. The van der Waals surface area contributed by atoms with Gasteiger partial charge in [0.2, 0.25) is 17.8 Å². The number of anilines is 1. The molecule has 8 nitrogen and oxygen atoms in total. The van der Waals surface area contributed by atoms with E-state index in [1.54, 1.807) is 17.3 Å². The Morgan fingerprint density at radius 3 is 2.52 bits per heavy atom. The number of piperazine rings is 1. The van der Waals surface area contributed by atoms with Crippen LogP contribution in [-0.2, 0) is 16.1 Å². The average molecular weight is 423 g/mol. The molecular formula is C23H30N6O2. The summed E-state index contributed by atoms with van der Waals surface area (Å²) in [6, 6.07) is 11.7. The van der Waals surface area contributed by atoms with Crippen LogP contribution >= 0.6 is 0 Å². The zero-order valence-corrected chi connectivity index (χ0v) is 17.8. The maximum absolute atomic E-state index is 12.5. The van der Waals surface area contributed by atoms with Crippen molar-refractivity contribution in [1.82, 2.24) is 25.1 Å². The van der Waals surface area contributed by atoms with Crippen molar-refractivity contribution in [2.24, 2.45) is 5.92 Å². The summed E-state index contributed by atoms with van der Waals surface area (Å²) in [5, 5.41) is 3.03. The molecule has 2 saturated heterocycles. The van der Waals surface area contributed by atoms with Crippen molar-refractivity contribution in [2.45, 2.75) is 19.4 Å². The van der Waals surface area contributed by atoms with Crippen molar-refractivity contribution in [2.75, 3.05) is 50.7 Å². The van der Waals surface area contributed by atoms with Gasteiger partial charge in [0.15, 0.2) is 0 Å². The van der Waals surface area contributed by atoms with E-state index in [1.807, 2.05) is 36.4 Å². The molecule has 8 heteroatoms. The van der Waals surface area contributed by atoms with Gasteiger partial charge in [0, 0.05) is 64.6 Å². The Balaban J connectivity index is 1.12. The van der Waals surface area contributed by atoms with Gasteiger partial charge in [-0.1, -0.05) is 30.3 Å². The van der Waals surface area contributed by atoms with Crippen molar-refractivity contribution in [1.29, 1.82) is 0 Å². The molecule has 1 N–H and O–H groups in total. The number of amides is 2. The predicted octanol–water partition coefficient (Wildman–Crippen LogP) is 1.15. The van der Waals surface area contributed by atoms with Gasteiger partial charge < -0.3 is 15.1 Å². The summed E-state index contributed by atoms with van der Waals surface area (Å²) < 4.78 is 0. The summed E-state index contributed by atoms with van der Waals surface area (Å²) in [7, 11) is 0. The molecule has 1 aromatic heterocycles. The third-order valence-electron chi connectivity index (χ3n) is 5.96. The van der Waals surface area contributed by atoms with Crippen LogP contribution in [0.3, 0.4) is 0 Å². The molecule has 0 aliphatic carbocycles. The van der Waals surface area contributed by atoms with E-state index in [9.17, 15) is 9.59 Å². The number of aromatic nitrogens is 2. The number of hydrogen-bond donors (Lipinski definition) is 1. The lowest BCUT2D eigenvalue weighted by Crippen LogP contribution is -2.47. The summed E-state index contributed by atoms with van der Waals surface area (Å²) in [4.78, 5) is 39.8. The first kappa shape index (κ1) is 21.2. The first-order valence-electron chi connectivity index (χ1n) is 11.0. The van der Waals surface area contributed by atoms with Crippen molar-refractivity contribution in [3.05, 3.63) is 54.4 Å². The van der Waals surface area contributed by atoms with E-state index in [0.717, 1.165) is 50.7 Å². The number of benzene rings is 1. The summed E-state index contributed by atoms with van der Waals surface area (Å²) in [5.74, 6) is 0.603. The molecule has 1 atom stereocenters. The second-order valence-electron chi connectivity index (χ2n) is 8.18. The fraction of sp³-hybridized carbons (Fsp3) is 0.478. The largest absolute Gasteiger partial charge is 0.356 e. The van der Waals surface area contributed by atoms with Crippen LogP contribution in [0.25, 0.3) is 0 Å². The van der Waals surface area contributed by atoms with Gasteiger partial charge in [-0.05, 0) is 24.6 Å². The number of carbonyl (C=O) groups is 2. The Bertz CT molecular complexity index is 855. The number of nitrogens with zero attached hydrogens (tertiary/aromatic N) is 5. The van der Waals surface area contributed by atoms with E-state index < -0.39 is 0 Å². The molecule has 0 unspecified atom stereocenters. The van der Waals surface area contributed by atoms with Crippen LogP contribution in [-0.4, -0.2) is 77.4 Å². The maximum Gasteiger partial charge on any atom is 0.225 e. The first-order valence-corrected chi connectivity index (χ1v) is 11.0. The molecule has 0 spiro atoms. The van der Waals surface area contributed by atoms with Crippen molar-refractivity contribution in [3.8, 4) is 0 Å². The van der Waals surface area contributed by atoms with E-state index in [0.29, 0.717) is 26.1 Å². The highest BCUT2D eigenvalue weighted by Gasteiger charge is 2.34. The molecule has 2 aliphatic heterocycles. The molecule has 0 bridgehead atoms. The van der Waals surface area contributed by atoms with Crippen molar-refractivity contribution in [3.63, 3.8) is 0 Å². The van der Waals surface area contributed by atoms with Crippen LogP contribution in [0.5, 0.6) is 0 Å². The van der Waals surface area contributed by atoms with Crippen molar-refractivity contribution >= 4 is 17.8 Å². The summed E-state index contributed by atoms with van der Waals surface area (Å²) >= 11 is 0. The fourth-order valence-electron chi connectivity index (χ4n) is 4.19. The molecule has 2 aromatic rings. The molecule has 2 fully saturated rings. The summed E-state index contributed by atoms with van der Waals surface area (Å²) in [5.41, 5.74) is 1.09. The number of nitrogens with one attached hydrogen (secondary N) is 1. The molecular weight excluding hydrogens is 392 g/mol. The van der Waals surface area contributed by atoms with Crippen LogP contribution < -0.4 is 10.2 Å². The number of likely N-dealkylation sites (tertiary alicyclic amines) is 1. The lowest BCUT2D eigenvalue weighted by molar-refractivity contribution is -0.129. The molecule has 4 rings (SSSR count). The summed E-state index contributed by atoms with van der Waals surface area (Å²) in [6.07, 6.45) is 4.76. The average Bonchev–Trinajstić information content (AvgIpc) is 3.18. The second-order valence-corrected chi connectivity index (χ2v) is 8.18. The highest BCUT2D eigenvalue weighted by atomic mass is 16.2. The van der Waals surface area contributed by atoms with Gasteiger partial charge in [0.1, 0.15) is 0 Å². The van der Waals surface area contributed by atoms with E-state index in [4.69, 9.17) is 0 Å². The third kappa shape index (κ3) is 5.79. The van der Waals surface area contributed by atoms with Gasteiger partial charge in [0.25, 0.3) is 0 Å². The van der Waals surface area contributed by atoms with Gasteiger partial charge in [-0.25, -0.2) is 9.97 Å². The fourth-order valence-corrected chi connectivity index (χ4v) is 4.19. The number of hydrogen-bond acceptors (Lipinski definition) is 6. The van der Waals surface area contributed by atoms with E-state index in [-0.39, 0.29) is 17.7 Å². The van der Waals surface area contributed by atoms with E-state index >= 15 is 0 Å². The standard InChI is InChI=1S/C23H30N6O2/c30-21-16-20(18-29(21)17-19-6-2-1-3-7-19)22(31)24-10-5-11-27-12-14-28(15-13-27)23-25-8-4-9-26-23/h1-4,6-9,20H,5,10-18H2,(H,24,31)/t20-/m1/s1. The highest BCUT2D eigenvalue weighted by molar-refractivity contribution is 5.89. The summed E-state index contributed by atoms with van der Waals surface area (Å²) in [6.45, 7) is 6.44. The first-order chi connectivity index (χ1) is 15.2. The molecule has 0 radical (unpaired) electrons. The van der Waals surface area contributed by atoms with Crippen LogP contribution in [0, 0.1) is 5.92 Å². The highest BCUT2D eigenvalue weighted by Crippen LogP contribution is 2.20. The second kappa shape index (κ2) is 10.3. The SMILES string of the molecule is O=C(NCCCN1CCN(c2ncccn2)CC1)[C@@H]1CC(=O)N(Cc2ccccc2)C1. The van der Waals surface area contributed by atoms with Crippen LogP contribution in [0.4, 0.5) is 5.95 Å². The Morgan fingerprint density at radius 1 is 1.03 bits per heavy atom. The van der Waals surface area contributed by atoms with Gasteiger partial charge >= 0.3 is 0 Å². The Hall–Kier alpha value is -3.00. The quantitative estimate of drug-likeness (QED) is 0.643. The zero-order valence-electron chi connectivity index (χ0n) is 17.8. The molecule has 1 aromatic carbocycles. The molecule has 0 saturated carbocycles. The lowest BCUT2D eigenvalue weighted by atomic mass is 10.1. The zero-order chi connectivity index (χ0) is 21.5. The van der Waals surface area contributed by atoms with Crippen LogP contribution in [0.2, 0.25) is 0 Å². The maximum atomic E-state index is 12.5. The van der Waals surface area contributed by atoms with Crippen molar-refractivity contribution < 1.29 is 9.59 Å². The molecule has 2 amide bonds. The molecule has 3 heterocycles. The predicted molar refractivity (Wildman–Crippen MR) is 118 cm³/mol. The number of carbonyl (C=O) groups excluding carboxylic acids is 2. The normalized spacial score (nSPS) is 19.6. The lowest BCUT2D eigenvalue weighted by Gasteiger charge is -2.34. The Kier molecular flexibility index (Phi) is 7.09. The monoisotopic (exact) mass is 422 g/mol. The molecule has 31 heavy (non-hydrogen) atoms. The van der Waals surface area contributed by atoms with E-state index in [1.165, 1.54) is 0 Å². The van der Waals surface area contributed by atoms with E-state index in [2.05, 4.69) is 25.1 Å². The Morgan fingerprint density at radius 2 is 1.77 bits per heavy atom. The Labute approximate surface area is 183 Å². The minimum absolute atomic E-state index is 0.00467.